The van der Waals surface area contributed by atoms with Gasteiger partial charge in [-0.05, 0) is 49.7 Å². The van der Waals surface area contributed by atoms with Gasteiger partial charge in [0.25, 0.3) is 0 Å². The Morgan fingerprint density at radius 2 is 1.79 bits per heavy atom. The topological polar surface area (TPSA) is 72.9 Å². The lowest BCUT2D eigenvalue weighted by Gasteiger charge is -2.34. The fourth-order valence-electron chi connectivity index (χ4n) is 3.12. The summed E-state index contributed by atoms with van der Waals surface area (Å²) in [5.41, 5.74) is 0.827. The molecular formula is C20H21Cl2NO5S. The molecule has 1 aliphatic rings. The van der Waals surface area contributed by atoms with E-state index in [0.717, 1.165) is 0 Å². The van der Waals surface area contributed by atoms with E-state index in [1.165, 1.54) is 28.6 Å². The van der Waals surface area contributed by atoms with Gasteiger partial charge in [-0.15, -0.1) is 0 Å². The van der Waals surface area contributed by atoms with Crippen LogP contribution in [0.2, 0.25) is 10.0 Å². The summed E-state index contributed by atoms with van der Waals surface area (Å²) in [6.45, 7) is 4.17. The van der Waals surface area contributed by atoms with Crippen molar-refractivity contribution in [2.75, 3.05) is 13.1 Å². The van der Waals surface area contributed by atoms with Crippen molar-refractivity contribution in [3.63, 3.8) is 0 Å². The summed E-state index contributed by atoms with van der Waals surface area (Å²) in [7, 11) is -3.75. The van der Waals surface area contributed by atoms with Crippen molar-refractivity contribution < 1.29 is 22.7 Å². The molecule has 9 heteroatoms. The molecule has 3 rings (SSSR count). The zero-order chi connectivity index (χ0) is 21.2. The van der Waals surface area contributed by atoms with Crippen molar-refractivity contribution >= 4 is 39.2 Å². The first-order valence-corrected chi connectivity index (χ1v) is 11.2. The molecule has 2 aromatic carbocycles. The van der Waals surface area contributed by atoms with Crippen LogP contribution in [-0.2, 0) is 26.1 Å². The van der Waals surface area contributed by atoms with Crippen LogP contribution in [0.3, 0.4) is 0 Å². The van der Waals surface area contributed by atoms with Gasteiger partial charge in [0.05, 0.1) is 32.7 Å². The molecule has 6 nitrogen and oxygen atoms in total. The van der Waals surface area contributed by atoms with Crippen LogP contribution in [0.25, 0.3) is 0 Å². The van der Waals surface area contributed by atoms with Crippen molar-refractivity contribution in [2.24, 2.45) is 0 Å². The monoisotopic (exact) mass is 457 g/mol. The molecule has 0 aromatic heterocycles. The highest BCUT2D eigenvalue weighted by molar-refractivity contribution is 7.89. The number of esters is 1. The molecule has 0 radical (unpaired) electrons. The van der Waals surface area contributed by atoms with Crippen molar-refractivity contribution in [2.45, 2.75) is 37.6 Å². The Bertz CT molecular complexity index is 1000. The van der Waals surface area contributed by atoms with Gasteiger partial charge in [0.15, 0.2) is 0 Å². The number of hydrogen-bond acceptors (Lipinski definition) is 5. The molecule has 0 amide bonds. The first-order chi connectivity index (χ1) is 13.7. The number of nitrogens with zero attached hydrogens (tertiary/aromatic N) is 1. The summed E-state index contributed by atoms with van der Waals surface area (Å²) in [5, 5.41) is 0.772. The van der Waals surface area contributed by atoms with Crippen molar-refractivity contribution in [3.05, 3.63) is 63.6 Å². The summed E-state index contributed by atoms with van der Waals surface area (Å²) in [4.78, 5) is 12.5. The van der Waals surface area contributed by atoms with Crippen LogP contribution in [0.5, 0.6) is 0 Å². The minimum absolute atomic E-state index is 0.00874. The quantitative estimate of drug-likeness (QED) is 0.630. The third kappa shape index (κ3) is 5.29. The van der Waals surface area contributed by atoms with Gasteiger partial charge in [-0.1, -0.05) is 35.3 Å². The third-order valence-corrected chi connectivity index (χ3v) is 7.01. The molecule has 1 fully saturated rings. The van der Waals surface area contributed by atoms with Crippen molar-refractivity contribution in [1.82, 2.24) is 4.31 Å². The van der Waals surface area contributed by atoms with Gasteiger partial charge < -0.3 is 9.47 Å². The average molecular weight is 458 g/mol. The van der Waals surface area contributed by atoms with Crippen LogP contribution in [0.1, 0.15) is 29.8 Å². The van der Waals surface area contributed by atoms with E-state index >= 15 is 0 Å². The van der Waals surface area contributed by atoms with Gasteiger partial charge in [0.1, 0.15) is 6.61 Å². The predicted octanol–water partition coefficient (Wildman–Crippen LogP) is 4.15. The second-order valence-corrected chi connectivity index (χ2v) is 9.68. The second-order valence-electron chi connectivity index (χ2n) is 6.93. The number of carbonyl (C=O) groups excluding carboxylic acids is 1. The van der Waals surface area contributed by atoms with Crippen LogP contribution in [0.4, 0.5) is 0 Å². The van der Waals surface area contributed by atoms with Crippen LogP contribution in [-0.4, -0.2) is 44.0 Å². The smallest absolute Gasteiger partial charge is 0.338 e. The van der Waals surface area contributed by atoms with Gasteiger partial charge >= 0.3 is 5.97 Å². The molecule has 1 saturated heterocycles. The van der Waals surface area contributed by atoms with E-state index in [2.05, 4.69) is 0 Å². The molecule has 0 aliphatic carbocycles. The van der Waals surface area contributed by atoms with Crippen molar-refractivity contribution in [1.29, 1.82) is 0 Å². The lowest BCUT2D eigenvalue weighted by molar-refractivity contribution is -0.0440. The molecule has 0 saturated carbocycles. The van der Waals surface area contributed by atoms with Crippen molar-refractivity contribution in [3.8, 4) is 0 Å². The Labute approximate surface area is 180 Å². The number of ether oxygens (including phenoxy) is 2. The Morgan fingerprint density at radius 3 is 2.45 bits per heavy atom. The molecule has 156 valence electrons. The molecule has 2 aromatic rings. The molecule has 29 heavy (non-hydrogen) atoms. The van der Waals surface area contributed by atoms with E-state index < -0.39 is 16.0 Å². The number of hydrogen-bond donors (Lipinski definition) is 0. The van der Waals surface area contributed by atoms with Crippen LogP contribution in [0, 0.1) is 0 Å². The third-order valence-electron chi connectivity index (χ3n) is 4.45. The molecule has 1 heterocycles. The number of benzene rings is 2. The fraction of sp³-hybridized carbons (Fsp3) is 0.350. The highest BCUT2D eigenvalue weighted by Gasteiger charge is 2.32. The number of rotatable bonds is 5. The second kappa shape index (κ2) is 9.02. The van der Waals surface area contributed by atoms with Gasteiger partial charge in [0, 0.05) is 13.1 Å². The minimum atomic E-state index is -3.75. The average Bonchev–Trinajstić information content (AvgIpc) is 2.68. The van der Waals surface area contributed by atoms with Gasteiger partial charge in [-0.25, -0.2) is 13.2 Å². The van der Waals surface area contributed by atoms with E-state index in [-0.39, 0.29) is 42.4 Å². The van der Waals surface area contributed by atoms with E-state index in [4.69, 9.17) is 32.7 Å². The standard InChI is InChI=1S/C20H21Cl2NO5S/c1-13-10-23(11-14(2)28-13)29(25,26)17-5-3-4-16(9-17)20(24)27-12-15-6-7-18(21)19(22)8-15/h3-9,13-14H,10-12H2,1-2H3. The maximum absolute atomic E-state index is 13.0. The normalized spacial score (nSPS) is 20.4. The number of sulfonamides is 1. The van der Waals surface area contributed by atoms with E-state index in [1.807, 2.05) is 13.8 Å². The lowest BCUT2D eigenvalue weighted by atomic mass is 10.2. The Morgan fingerprint density at radius 1 is 1.10 bits per heavy atom. The summed E-state index contributed by atoms with van der Waals surface area (Å²) in [6, 6.07) is 10.8. The summed E-state index contributed by atoms with van der Waals surface area (Å²) < 4.78 is 38.3. The first-order valence-electron chi connectivity index (χ1n) is 9.03. The predicted molar refractivity (Wildman–Crippen MR) is 111 cm³/mol. The Hall–Kier alpha value is -1.64. The first kappa shape index (κ1) is 22.1. The number of morpholine rings is 1. The van der Waals surface area contributed by atoms with E-state index in [9.17, 15) is 13.2 Å². The van der Waals surface area contributed by atoms with Gasteiger partial charge in [-0.3, -0.25) is 0 Å². The highest BCUT2D eigenvalue weighted by atomic mass is 35.5. The molecule has 0 spiro atoms. The lowest BCUT2D eigenvalue weighted by Crippen LogP contribution is -2.48. The maximum atomic E-state index is 13.0. The van der Waals surface area contributed by atoms with E-state index in [0.29, 0.717) is 15.6 Å². The SMILES string of the molecule is CC1CN(S(=O)(=O)c2cccc(C(=O)OCc3ccc(Cl)c(Cl)c3)c2)CC(C)O1. The number of halogens is 2. The Balaban J connectivity index is 1.74. The molecule has 1 aliphatic heterocycles. The summed E-state index contributed by atoms with van der Waals surface area (Å²) >= 11 is 11.8. The largest absolute Gasteiger partial charge is 0.457 e. The van der Waals surface area contributed by atoms with Gasteiger partial charge in [-0.2, -0.15) is 4.31 Å². The zero-order valence-corrected chi connectivity index (χ0v) is 18.3. The van der Waals surface area contributed by atoms with Crippen LogP contribution in [0.15, 0.2) is 47.4 Å². The van der Waals surface area contributed by atoms with Gasteiger partial charge in [0.2, 0.25) is 10.0 Å². The zero-order valence-electron chi connectivity index (χ0n) is 16.0. The highest BCUT2D eigenvalue weighted by Crippen LogP contribution is 2.24. The van der Waals surface area contributed by atoms with Crippen LogP contribution >= 0.6 is 23.2 Å². The molecule has 0 bridgehead atoms. The van der Waals surface area contributed by atoms with E-state index in [1.54, 1.807) is 18.2 Å². The molecule has 0 N–H and O–H groups in total. The Kier molecular flexibility index (Phi) is 6.86. The number of carbonyl (C=O) groups is 1. The summed E-state index contributed by atoms with van der Waals surface area (Å²) in [5.74, 6) is -0.628. The molecular weight excluding hydrogens is 437 g/mol. The molecule has 2 atom stereocenters. The fourth-order valence-corrected chi connectivity index (χ4v) is 5.08. The minimum Gasteiger partial charge on any atom is -0.457 e. The summed E-state index contributed by atoms with van der Waals surface area (Å²) in [6.07, 6.45) is -0.402. The molecule has 2 unspecified atom stereocenters. The maximum Gasteiger partial charge on any atom is 0.338 e. The van der Waals surface area contributed by atoms with Crippen LogP contribution < -0.4 is 0 Å².